The van der Waals surface area contributed by atoms with Crippen LogP contribution in [0.4, 0.5) is 5.69 Å². The van der Waals surface area contributed by atoms with Gasteiger partial charge in [0.1, 0.15) is 36.3 Å². The van der Waals surface area contributed by atoms with Crippen molar-refractivity contribution in [3.63, 3.8) is 0 Å². The Labute approximate surface area is 496 Å². The highest BCUT2D eigenvalue weighted by molar-refractivity contribution is 7.90. The Bertz CT molecular complexity index is 2720. The van der Waals surface area contributed by atoms with Gasteiger partial charge in [0.2, 0.25) is 42.0 Å². The molecule has 1 saturated carbocycles. The van der Waals surface area contributed by atoms with Gasteiger partial charge in [-0.25, -0.2) is 11.8 Å². The first-order valence-corrected chi connectivity index (χ1v) is 29.2. The molecule has 4 aliphatic heterocycles. The fourth-order valence-corrected chi connectivity index (χ4v) is 12.3. The number of rotatable bonds is 14. The predicted octanol–water partition coefficient (Wildman–Crippen LogP) is -1.65. The third-order valence-corrected chi connectivity index (χ3v) is 17.3. The maximum absolute atomic E-state index is 14.6. The fraction of sp³-hybridized carbons (Fsp3) is 0.643. The first-order valence-electron chi connectivity index (χ1n) is 28.5. The standard InChI is InChI=1S/C56H80N10O18S/c1-29-27-66-47(48(29)73)53(78)58-25-36(68)23-38(59-49(74)32-8-12-34(13-9-32)63-17-19-64(20-18-63)35-14-10-33(11-15-35)56(3,4)5)50(75)60-44(30(2)67)54(79)65-28-37(69)24-39(65)51(76)61-45(52(77)62-46(55(66)80)42(72)26-57-6)41(71)21-31-7-16-40(70)43(22-31)82-85-84-83-81/h7-9,12-13,16,22,29-30,33,35-39,41-42,44-48,67-73,81H,10-11,14-15,17-21,23-28H2,1-5H3,(H,58,78)(H,59,74)(H,60,75)(H,61,76)(H,62,77)/t29-,30+,33?,35?,36+,37+,38+,39+,41-,42-,44+,45+,46+,47+,48+/m1/s1. The Hall–Kier alpha value is -6.43. The quantitative estimate of drug-likeness (QED) is 0.0331. The van der Waals surface area contributed by atoms with Crippen LogP contribution < -0.4 is 35.7 Å². The number of fused-ring (bicyclic) bond motifs is 2. The molecule has 468 valence electrons. The Morgan fingerprint density at radius 1 is 0.800 bits per heavy atom. The summed E-state index contributed by atoms with van der Waals surface area (Å²) in [5.41, 5.74) is 1.39. The molecule has 2 aromatic rings. The molecule has 29 heteroatoms. The minimum atomic E-state index is -2.13. The molecule has 0 spiro atoms. The van der Waals surface area contributed by atoms with Crippen LogP contribution in [0.15, 0.2) is 42.5 Å². The zero-order valence-electron chi connectivity index (χ0n) is 48.1. The van der Waals surface area contributed by atoms with Crippen molar-refractivity contribution in [1.82, 2.24) is 41.3 Å². The number of aliphatic hydroxyl groups is 6. The van der Waals surface area contributed by atoms with E-state index < -0.39 is 165 Å². The van der Waals surface area contributed by atoms with Gasteiger partial charge < -0.3 is 86.1 Å². The van der Waals surface area contributed by atoms with Crippen LogP contribution >= 0.6 is 12.3 Å². The van der Waals surface area contributed by atoms with Crippen LogP contribution in [0.3, 0.4) is 0 Å². The largest absolute Gasteiger partial charge is 0.504 e. The van der Waals surface area contributed by atoms with Crippen molar-refractivity contribution < 1.29 is 88.1 Å². The number of nitrogens with one attached hydrogen (secondary N) is 5. The third kappa shape index (κ3) is 16.6. The maximum Gasteiger partial charge on any atom is 0.261 e. The molecule has 5 fully saturated rings. The monoisotopic (exact) mass is 1210 g/mol. The Morgan fingerprint density at radius 3 is 2.08 bits per heavy atom. The van der Waals surface area contributed by atoms with E-state index in [0.717, 1.165) is 54.7 Å². The summed E-state index contributed by atoms with van der Waals surface area (Å²) in [6.45, 7) is 18.0. The van der Waals surface area contributed by atoms with Gasteiger partial charge in [-0.2, -0.15) is 0 Å². The highest BCUT2D eigenvalue weighted by Gasteiger charge is 2.50. The van der Waals surface area contributed by atoms with Crippen LogP contribution in [0.1, 0.15) is 89.1 Å². The van der Waals surface area contributed by atoms with E-state index >= 15 is 0 Å². The average molecular weight is 1210 g/mol. The maximum atomic E-state index is 14.6. The number of benzene rings is 2. The SMILES string of the molecule is [C-]#[N+]C[C@@H](O)[C@@H]1NC(=O)[C@H]([C@H](O)Cc2ccc(O)c(OSOOO)c2)NC(=O)[C@@H]2C[C@H](O)CN2C(=O)[C@H]([C@H](C)O)NC(=O)[C@@H](NC(=O)c2ccc(N3CCN(C4CCC(C(C)(C)C)CC4)CC3)cc2)C[C@H](O)CNC(=O)[C@@H]2[C@@H](O)[C@H](C)CN2C1=O. The molecule has 1 aliphatic carbocycles. The number of phenolic OH excluding ortho intramolecular Hbond substituents is 1. The van der Waals surface area contributed by atoms with Crippen molar-refractivity contribution in [2.75, 3.05) is 57.3 Å². The number of aliphatic hydroxyl groups excluding tert-OH is 6. The molecule has 4 heterocycles. The summed E-state index contributed by atoms with van der Waals surface area (Å²) in [5.74, 6) is -8.67. The summed E-state index contributed by atoms with van der Waals surface area (Å²) in [7, 11) is 0. The number of β-amino-alcohol motifs (C(OH)–C–C–N with tert-alkyl or cyclic N) is 1. The van der Waals surface area contributed by atoms with E-state index in [4.69, 9.17) is 16.0 Å². The lowest BCUT2D eigenvalue weighted by Gasteiger charge is -2.44. The fourth-order valence-electron chi connectivity index (χ4n) is 12.0. The van der Waals surface area contributed by atoms with Crippen LogP contribution in [0, 0.1) is 23.8 Å². The van der Waals surface area contributed by atoms with Crippen LogP contribution in [0.25, 0.3) is 4.85 Å². The lowest BCUT2D eigenvalue weighted by Crippen LogP contribution is -2.64. The van der Waals surface area contributed by atoms with E-state index in [1.54, 1.807) is 24.3 Å². The molecule has 2 aromatic carbocycles. The minimum Gasteiger partial charge on any atom is -0.504 e. The van der Waals surface area contributed by atoms with Gasteiger partial charge in [-0.15, -0.1) is 0 Å². The lowest BCUT2D eigenvalue weighted by atomic mass is 9.71. The molecule has 0 unspecified atom stereocenters. The van der Waals surface area contributed by atoms with Crippen LogP contribution in [0.2, 0.25) is 0 Å². The molecular weight excluding hydrogens is 1130 g/mol. The van der Waals surface area contributed by atoms with E-state index in [0.29, 0.717) is 12.0 Å². The van der Waals surface area contributed by atoms with Gasteiger partial charge in [0.05, 0.1) is 30.5 Å². The number of nitrogens with zero attached hydrogens (tertiary/aromatic N) is 5. The van der Waals surface area contributed by atoms with Crippen LogP contribution in [-0.2, 0) is 44.6 Å². The van der Waals surface area contributed by atoms with Gasteiger partial charge >= 0.3 is 0 Å². The molecule has 13 N–H and O–H groups in total. The van der Waals surface area contributed by atoms with Gasteiger partial charge in [0.25, 0.3) is 18.2 Å². The molecule has 5 aliphatic rings. The molecule has 0 aromatic heterocycles. The second-order valence-corrected chi connectivity index (χ2v) is 24.3. The van der Waals surface area contributed by atoms with E-state index in [2.05, 4.69) is 71.4 Å². The molecule has 85 heavy (non-hydrogen) atoms. The number of hydrogen-bond donors (Lipinski definition) is 13. The van der Waals surface area contributed by atoms with Crippen molar-refractivity contribution in [3.8, 4) is 11.5 Å². The van der Waals surface area contributed by atoms with E-state index in [1.807, 2.05) is 0 Å². The number of carbonyl (C=O) groups is 7. The highest BCUT2D eigenvalue weighted by atomic mass is 32.2. The molecule has 13 atom stereocenters. The minimum absolute atomic E-state index is 0.0767. The molecular formula is C56H80N10O18S. The predicted molar refractivity (Wildman–Crippen MR) is 303 cm³/mol. The summed E-state index contributed by atoms with van der Waals surface area (Å²) in [6.07, 6.45) is -7.33. The first kappa shape index (κ1) is 66.1. The van der Waals surface area contributed by atoms with Crippen LogP contribution in [0.5, 0.6) is 11.5 Å². The summed E-state index contributed by atoms with van der Waals surface area (Å²) in [5, 5.41) is 103. The second-order valence-electron chi connectivity index (χ2n) is 23.9. The lowest BCUT2D eigenvalue weighted by molar-refractivity contribution is -0.433. The average Bonchev–Trinajstić information content (AvgIpc) is 2.13. The number of anilines is 1. The second kappa shape index (κ2) is 29.3. The normalized spacial score (nSPS) is 30.1. The topological polar surface area (TPSA) is 386 Å². The zero-order valence-corrected chi connectivity index (χ0v) is 48.9. The Kier molecular flexibility index (Phi) is 22.8. The zero-order chi connectivity index (χ0) is 62.0. The molecule has 7 amide bonds. The third-order valence-electron chi connectivity index (χ3n) is 16.9. The molecule has 4 saturated heterocycles. The van der Waals surface area contributed by atoms with E-state index in [1.165, 1.54) is 44.7 Å². The van der Waals surface area contributed by atoms with Crippen LogP contribution in [-0.4, -0.2) is 228 Å². The van der Waals surface area contributed by atoms with Crippen molar-refractivity contribution in [1.29, 1.82) is 0 Å². The van der Waals surface area contributed by atoms with Gasteiger partial charge in [-0.05, 0) is 85.9 Å². The van der Waals surface area contributed by atoms with Crippen molar-refractivity contribution in [2.45, 2.75) is 158 Å². The smallest absolute Gasteiger partial charge is 0.261 e. The Balaban J connectivity index is 1.16. The number of phenols is 1. The molecule has 0 bridgehead atoms. The highest BCUT2D eigenvalue weighted by Crippen LogP contribution is 2.39. The molecule has 0 radical (unpaired) electrons. The number of amides is 7. The van der Waals surface area contributed by atoms with Gasteiger partial charge in [-0.1, -0.05) is 43.1 Å². The molecule has 7 rings (SSSR count). The van der Waals surface area contributed by atoms with Gasteiger partial charge in [0.15, 0.2) is 17.6 Å². The van der Waals surface area contributed by atoms with Crippen molar-refractivity contribution in [2.24, 2.45) is 17.3 Å². The van der Waals surface area contributed by atoms with Crippen molar-refractivity contribution in [3.05, 3.63) is 65.0 Å². The number of piperazine rings is 1. The number of hydrogen-bond acceptors (Lipinski definition) is 21. The Morgan fingerprint density at radius 2 is 1.45 bits per heavy atom. The van der Waals surface area contributed by atoms with Crippen molar-refractivity contribution >= 4 is 59.4 Å². The number of aromatic hydroxyl groups is 1. The van der Waals surface area contributed by atoms with Gasteiger partial charge in [-0.3, -0.25) is 38.5 Å². The summed E-state index contributed by atoms with van der Waals surface area (Å²) < 4.78 is 9.31. The summed E-state index contributed by atoms with van der Waals surface area (Å²) in [4.78, 5) is 111. The summed E-state index contributed by atoms with van der Waals surface area (Å²) >= 11 is 0.0767. The van der Waals surface area contributed by atoms with E-state index in [-0.39, 0.29) is 41.2 Å². The molecule has 28 nitrogen and oxygen atoms in total. The first-order chi connectivity index (χ1) is 40.3. The number of carbonyl (C=O) groups excluding carboxylic acids is 7. The summed E-state index contributed by atoms with van der Waals surface area (Å²) in [6, 6.07) is -0.431. The van der Waals surface area contributed by atoms with Gasteiger partial charge in [0, 0.05) is 88.3 Å². The van der Waals surface area contributed by atoms with E-state index in [9.17, 15) is 69.3 Å².